The highest BCUT2D eigenvalue weighted by Crippen LogP contribution is 2.32. The van der Waals surface area contributed by atoms with E-state index in [1.165, 1.54) is 5.69 Å². The molecule has 0 radical (unpaired) electrons. The SMILES string of the molecule is CCCc1nc2c(C)cc(-c3nc(CC)c(CC)n3CCOC)cc2n1Cc1ccc(-c2ccccc2OC(=O)O)cc1.O. The molecule has 5 rings (SSSR count). The number of carboxylic acid groups (broad SMARTS) is 1. The summed E-state index contributed by atoms with van der Waals surface area (Å²) in [6, 6.07) is 19.8. The standard InChI is InChI=1S/C35H40N4O4.H2O/c1-6-11-32-37-33-23(4)20-26(34-36-28(7-2)29(8-3)38(34)18-19-42-5)21-30(33)39(32)22-24-14-16-25(17-15-24)27-12-9-10-13-31(27)43-35(40)41;/h9-10,12-17,20-21H,6-8,11,18-19,22H2,1-5H3,(H,40,41);1H2. The van der Waals surface area contributed by atoms with Gasteiger partial charge in [0, 0.05) is 43.4 Å². The van der Waals surface area contributed by atoms with E-state index in [0.29, 0.717) is 18.9 Å². The van der Waals surface area contributed by atoms with E-state index in [9.17, 15) is 4.79 Å². The molecule has 0 spiro atoms. The number of carbonyl (C=O) groups is 1. The van der Waals surface area contributed by atoms with Crippen LogP contribution >= 0.6 is 0 Å². The zero-order valence-corrected chi connectivity index (χ0v) is 26.2. The number of methoxy groups -OCH3 is 1. The van der Waals surface area contributed by atoms with Crippen molar-refractivity contribution in [3.8, 4) is 28.3 Å². The van der Waals surface area contributed by atoms with Crippen LogP contribution in [0.2, 0.25) is 0 Å². The second-order valence-corrected chi connectivity index (χ2v) is 10.8. The number of fused-ring (bicyclic) bond motifs is 1. The van der Waals surface area contributed by atoms with Crippen LogP contribution in [0.5, 0.6) is 5.75 Å². The van der Waals surface area contributed by atoms with Crippen LogP contribution in [-0.2, 0) is 37.1 Å². The average Bonchev–Trinajstić information content (AvgIpc) is 3.54. The Balaban J connectivity index is 0.00000442. The van der Waals surface area contributed by atoms with Crippen LogP contribution in [0.15, 0.2) is 60.7 Å². The van der Waals surface area contributed by atoms with Crippen LogP contribution in [0.3, 0.4) is 0 Å². The molecule has 0 fully saturated rings. The molecule has 0 amide bonds. The number of aryl methyl sites for hydroxylation is 3. The monoisotopic (exact) mass is 598 g/mol. The third kappa shape index (κ3) is 6.54. The Bertz CT molecular complexity index is 1740. The van der Waals surface area contributed by atoms with Gasteiger partial charge in [0.25, 0.3) is 0 Å². The predicted octanol–water partition coefficient (Wildman–Crippen LogP) is 6.88. The quantitative estimate of drug-likeness (QED) is 0.123. The van der Waals surface area contributed by atoms with Crippen molar-refractivity contribution >= 4 is 17.2 Å². The Kier molecular flexibility index (Phi) is 10.6. The van der Waals surface area contributed by atoms with E-state index in [-0.39, 0.29) is 5.48 Å². The summed E-state index contributed by atoms with van der Waals surface area (Å²) < 4.78 is 15.1. The summed E-state index contributed by atoms with van der Waals surface area (Å²) in [6.45, 7) is 10.7. The van der Waals surface area contributed by atoms with Gasteiger partial charge in [0.2, 0.25) is 0 Å². The molecule has 0 bridgehead atoms. The van der Waals surface area contributed by atoms with Gasteiger partial charge in [-0.15, -0.1) is 0 Å². The summed E-state index contributed by atoms with van der Waals surface area (Å²) in [5.74, 6) is 2.36. The molecule has 0 aliphatic carbocycles. The molecular weight excluding hydrogens is 556 g/mol. The van der Waals surface area contributed by atoms with Gasteiger partial charge in [-0.05, 0) is 61.1 Å². The molecule has 3 aromatic carbocycles. The van der Waals surface area contributed by atoms with Crippen molar-refractivity contribution in [3.63, 3.8) is 0 Å². The van der Waals surface area contributed by atoms with Crippen LogP contribution in [-0.4, -0.2) is 49.6 Å². The van der Waals surface area contributed by atoms with Gasteiger partial charge in [0.05, 0.1) is 23.3 Å². The minimum Gasteiger partial charge on any atom is -0.449 e. The smallest absolute Gasteiger partial charge is 0.449 e. The second-order valence-electron chi connectivity index (χ2n) is 10.8. The summed E-state index contributed by atoms with van der Waals surface area (Å²) in [6.07, 6.45) is 2.35. The molecule has 3 N–H and O–H groups in total. The lowest BCUT2D eigenvalue weighted by molar-refractivity contribution is 0.144. The summed E-state index contributed by atoms with van der Waals surface area (Å²) in [4.78, 5) is 21.4. The van der Waals surface area contributed by atoms with Crippen LogP contribution in [0.4, 0.5) is 4.79 Å². The van der Waals surface area contributed by atoms with Crippen molar-refractivity contribution in [1.29, 1.82) is 0 Å². The Morgan fingerprint density at radius 2 is 1.68 bits per heavy atom. The van der Waals surface area contributed by atoms with E-state index in [2.05, 4.69) is 61.1 Å². The summed E-state index contributed by atoms with van der Waals surface area (Å²) in [5, 5.41) is 9.15. The molecule has 232 valence electrons. The molecule has 44 heavy (non-hydrogen) atoms. The van der Waals surface area contributed by atoms with Gasteiger partial charge in [-0.2, -0.15) is 0 Å². The van der Waals surface area contributed by atoms with Crippen molar-refractivity contribution in [2.75, 3.05) is 13.7 Å². The number of hydrogen-bond donors (Lipinski definition) is 1. The van der Waals surface area contributed by atoms with Crippen molar-refractivity contribution < 1.29 is 24.9 Å². The first kappa shape index (κ1) is 32.4. The molecule has 0 aliphatic heterocycles. The van der Waals surface area contributed by atoms with E-state index in [0.717, 1.165) is 88.4 Å². The van der Waals surface area contributed by atoms with E-state index < -0.39 is 6.16 Å². The molecule has 0 aliphatic rings. The predicted molar refractivity (Wildman–Crippen MR) is 174 cm³/mol. The van der Waals surface area contributed by atoms with Crippen LogP contribution < -0.4 is 4.74 Å². The zero-order chi connectivity index (χ0) is 30.5. The highest BCUT2D eigenvalue weighted by molar-refractivity contribution is 5.85. The van der Waals surface area contributed by atoms with Crippen molar-refractivity contribution in [3.05, 3.63) is 89.0 Å². The fourth-order valence-electron chi connectivity index (χ4n) is 5.88. The van der Waals surface area contributed by atoms with E-state index in [1.807, 2.05) is 24.3 Å². The number of aromatic nitrogens is 4. The highest BCUT2D eigenvalue weighted by Gasteiger charge is 2.20. The normalized spacial score (nSPS) is 11.1. The molecule has 0 saturated heterocycles. The van der Waals surface area contributed by atoms with Gasteiger partial charge >= 0.3 is 6.16 Å². The van der Waals surface area contributed by atoms with E-state index >= 15 is 0 Å². The molecule has 9 heteroatoms. The van der Waals surface area contributed by atoms with Crippen LogP contribution in [0.1, 0.15) is 55.5 Å². The molecule has 0 saturated carbocycles. The third-order valence-electron chi connectivity index (χ3n) is 7.89. The van der Waals surface area contributed by atoms with Gasteiger partial charge in [-0.25, -0.2) is 14.8 Å². The summed E-state index contributed by atoms with van der Waals surface area (Å²) in [7, 11) is 1.74. The van der Waals surface area contributed by atoms with Gasteiger partial charge in [0.1, 0.15) is 17.4 Å². The molecule has 0 atom stereocenters. The summed E-state index contributed by atoms with van der Waals surface area (Å²) in [5.41, 5.74) is 9.50. The molecule has 0 unspecified atom stereocenters. The topological polar surface area (TPSA) is 123 Å². The first-order valence-electron chi connectivity index (χ1n) is 15.0. The molecule has 9 nitrogen and oxygen atoms in total. The van der Waals surface area contributed by atoms with E-state index in [4.69, 9.17) is 24.5 Å². The zero-order valence-electron chi connectivity index (χ0n) is 26.2. The molecular formula is C35H42N4O5. The van der Waals surface area contributed by atoms with Gasteiger partial charge in [-0.3, -0.25) is 0 Å². The molecule has 2 heterocycles. The second kappa shape index (κ2) is 14.3. The number of para-hydroxylation sites is 1. The fourth-order valence-corrected chi connectivity index (χ4v) is 5.88. The minimum absolute atomic E-state index is 0. The number of benzene rings is 3. The lowest BCUT2D eigenvalue weighted by Gasteiger charge is -2.14. The maximum atomic E-state index is 11.2. The van der Waals surface area contributed by atoms with Crippen molar-refractivity contribution in [1.82, 2.24) is 19.1 Å². The molecule has 5 aromatic rings. The maximum Gasteiger partial charge on any atom is 0.511 e. The number of hydrogen-bond acceptors (Lipinski definition) is 5. The Morgan fingerprint density at radius 1 is 0.932 bits per heavy atom. The van der Waals surface area contributed by atoms with Crippen LogP contribution in [0.25, 0.3) is 33.5 Å². The van der Waals surface area contributed by atoms with Crippen molar-refractivity contribution in [2.45, 2.75) is 66.5 Å². The van der Waals surface area contributed by atoms with E-state index in [1.54, 1.807) is 19.2 Å². The Hall–Kier alpha value is -4.47. The largest absolute Gasteiger partial charge is 0.511 e. The average molecular weight is 599 g/mol. The first-order valence-corrected chi connectivity index (χ1v) is 15.0. The summed E-state index contributed by atoms with van der Waals surface area (Å²) >= 11 is 0. The Labute approximate surface area is 258 Å². The van der Waals surface area contributed by atoms with Crippen LogP contribution in [0, 0.1) is 6.92 Å². The van der Waals surface area contributed by atoms with Gasteiger partial charge < -0.3 is 29.2 Å². The number of rotatable bonds is 12. The lowest BCUT2D eigenvalue weighted by atomic mass is 10.0. The first-order chi connectivity index (χ1) is 20.9. The minimum atomic E-state index is -1.33. The number of imidazole rings is 2. The Morgan fingerprint density at radius 3 is 2.34 bits per heavy atom. The highest BCUT2D eigenvalue weighted by atomic mass is 16.7. The number of ether oxygens (including phenoxy) is 2. The number of nitrogens with zero attached hydrogens (tertiary/aromatic N) is 4. The van der Waals surface area contributed by atoms with Gasteiger partial charge in [-0.1, -0.05) is 63.2 Å². The fraction of sp³-hybridized carbons (Fsp3) is 0.343. The lowest BCUT2D eigenvalue weighted by Crippen LogP contribution is -2.10. The molecule has 2 aromatic heterocycles. The van der Waals surface area contributed by atoms with Gasteiger partial charge in [0.15, 0.2) is 0 Å². The van der Waals surface area contributed by atoms with Crippen molar-refractivity contribution in [2.24, 2.45) is 0 Å². The third-order valence-corrected chi connectivity index (χ3v) is 7.89. The maximum absolute atomic E-state index is 11.2.